The number of aromatic amines is 1. The fourth-order valence-electron chi connectivity index (χ4n) is 2.61. The van der Waals surface area contributed by atoms with E-state index in [1.807, 2.05) is 0 Å². The van der Waals surface area contributed by atoms with Crippen molar-refractivity contribution in [2.45, 2.75) is 12.1 Å². The molecule has 0 saturated heterocycles. The monoisotopic (exact) mass is 453 g/mol. The number of hydrogen-bond acceptors (Lipinski definition) is 5. The molecule has 6 N–H and O–H groups in total. The molecule has 2 aromatic heterocycles. The van der Waals surface area contributed by atoms with Gasteiger partial charge in [-0.25, -0.2) is 14.6 Å². The lowest BCUT2D eigenvalue weighted by atomic mass is 10.1. The number of primary amides is 1. The Bertz CT molecular complexity index is 1120. The van der Waals surface area contributed by atoms with Gasteiger partial charge in [-0.3, -0.25) is 10.1 Å². The molecule has 0 aliphatic rings. The first-order valence-electron chi connectivity index (χ1n) is 8.47. The molecule has 1 aromatic carbocycles. The van der Waals surface area contributed by atoms with Crippen LogP contribution in [0.1, 0.15) is 31.9 Å². The Labute approximate surface area is 176 Å². The topological polar surface area (TPSA) is 150 Å². The maximum absolute atomic E-state index is 12.6. The summed E-state index contributed by atoms with van der Waals surface area (Å²) >= 11 is 0.860. The van der Waals surface area contributed by atoms with Gasteiger partial charge in [0.05, 0.1) is 11.8 Å². The van der Waals surface area contributed by atoms with Crippen molar-refractivity contribution in [1.82, 2.24) is 9.97 Å². The standard InChI is InChI=1S/C18H14F3N5O4S/c19-18(20,21)8-1-3-9(4-2-8)24-17(30)26-12-7-23-15(25-12)13(14(22)27)10-5-6-11(31-10)16(28)29/h1-7,13H,(H2,22,27)(H,23,25)(H,28,29)(H2,24,26,30). The van der Waals surface area contributed by atoms with Gasteiger partial charge in [0.15, 0.2) is 0 Å². The number of amides is 3. The zero-order valence-corrected chi connectivity index (χ0v) is 16.2. The molecule has 0 fully saturated rings. The Kier molecular flexibility index (Phi) is 5.97. The van der Waals surface area contributed by atoms with E-state index in [9.17, 15) is 27.6 Å². The van der Waals surface area contributed by atoms with Crippen LogP contribution in [0.5, 0.6) is 0 Å². The summed E-state index contributed by atoms with van der Waals surface area (Å²) in [4.78, 5) is 42.1. The van der Waals surface area contributed by atoms with E-state index in [0.717, 1.165) is 35.6 Å². The number of alkyl halides is 3. The third kappa shape index (κ3) is 5.19. The lowest BCUT2D eigenvalue weighted by Crippen LogP contribution is -2.23. The zero-order valence-electron chi connectivity index (χ0n) is 15.4. The SMILES string of the molecule is NC(=O)C(c1ncc(NC(=O)Nc2ccc(C(F)(F)F)cc2)[nH]1)c1ccc(C(=O)O)s1. The van der Waals surface area contributed by atoms with Crippen molar-refractivity contribution in [2.75, 3.05) is 10.6 Å². The quantitative estimate of drug-likeness (QED) is 0.387. The number of rotatable bonds is 6. The number of urea groups is 1. The molecule has 0 aliphatic carbocycles. The highest BCUT2D eigenvalue weighted by atomic mass is 32.1. The van der Waals surface area contributed by atoms with E-state index < -0.39 is 35.6 Å². The van der Waals surface area contributed by atoms with E-state index in [2.05, 4.69) is 20.6 Å². The summed E-state index contributed by atoms with van der Waals surface area (Å²) in [5.74, 6) is -2.83. The first-order chi connectivity index (χ1) is 14.5. The van der Waals surface area contributed by atoms with Crippen molar-refractivity contribution < 1.29 is 32.7 Å². The molecule has 162 valence electrons. The van der Waals surface area contributed by atoms with E-state index in [1.165, 1.54) is 18.3 Å². The molecule has 2 heterocycles. The van der Waals surface area contributed by atoms with Gasteiger partial charge in [-0.1, -0.05) is 0 Å². The van der Waals surface area contributed by atoms with Crippen molar-refractivity contribution in [3.8, 4) is 0 Å². The zero-order chi connectivity index (χ0) is 22.8. The summed E-state index contributed by atoms with van der Waals surface area (Å²) in [5.41, 5.74) is 4.69. The number of benzene rings is 1. The van der Waals surface area contributed by atoms with Crippen molar-refractivity contribution in [1.29, 1.82) is 0 Å². The van der Waals surface area contributed by atoms with E-state index >= 15 is 0 Å². The highest BCUT2D eigenvalue weighted by Crippen LogP contribution is 2.31. The lowest BCUT2D eigenvalue weighted by molar-refractivity contribution is -0.137. The largest absolute Gasteiger partial charge is 0.477 e. The molecule has 0 spiro atoms. The Balaban J connectivity index is 1.69. The van der Waals surface area contributed by atoms with Crippen molar-refractivity contribution in [3.05, 3.63) is 63.7 Å². The molecule has 0 saturated carbocycles. The van der Waals surface area contributed by atoms with Crippen molar-refractivity contribution >= 4 is 40.7 Å². The molecule has 0 aliphatic heterocycles. The van der Waals surface area contributed by atoms with Gasteiger partial charge in [-0.2, -0.15) is 13.2 Å². The number of anilines is 2. The number of carboxylic acid groups (broad SMARTS) is 1. The van der Waals surface area contributed by atoms with Crippen molar-refractivity contribution in [2.24, 2.45) is 5.73 Å². The summed E-state index contributed by atoms with van der Waals surface area (Å²) in [5, 5.41) is 13.8. The number of hydrogen-bond donors (Lipinski definition) is 5. The van der Waals surface area contributed by atoms with Gasteiger partial charge in [0.25, 0.3) is 0 Å². The number of thiophene rings is 1. The van der Waals surface area contributed by atoms with Crippen LogP contribution in [0, 0.1) is 0 Å². The van der Waals surface area contributed by atoms with Crippen LogP contribution in [-0.4, -0.2) is 33.0 Å². The number of halogens is 3. The van der Waals surface area contributed by atoms with Gasteiger partial charge < -0.3 is 21.1 Å². The minimum atomic E-state index is -4.49. The Morgan fingerprint density at radius 3 is 2.32 bits per heavy atom. The third-order valence-electron chi connectivity index (χ3n) is 3.99. The highest BCUT2D eigenvalue weighted by molar-refractivity contribution is 7.14. The average molecular weight is 453 g/mol. The molecule has 1 atom stereocenters. The fourth-order valence-corrected chi connectivity index (χ4v) is 3.57. The maximum atomic E-state index is 12.6. The number of H-pyrrole nitrogens is 1. The number of nitrogens with zero attached hydrogens (tertiary/aromatic N) is 1. The number of nitrogens with one attached hydrogen (secondary N) is 3. The molecular formula is C18H14F3N5O4S. The molecule has 0 bridgehead atoms. The Morgan fingerprint density at radius 2 is 1.77 bits per heavy atom. The summed E-state index contributed by atoms with van der Waals surface area (Å²) in [7, 11) is 0. The molecule has 13 heteroatoms. The first-order valence-corrected chi connectivity index (χ1v) is 9.28. The van der Waals surface area contributed by atoms with Crippen LogP contribution in [0.25, 0.3) is 0 Å². The number of carbonyl (C=O) groups excluding carboxylic acids is 2. The van der Waals surface area contributed by atoms with E-state index in [4.69, 9.17) is 10.8 Å². The van der Waals surface area contributed by atoms with Crippen LogP contribution in [0.3, 0.4) is 0 Å². The predicted octanol–water partition coefficient (Wildman–Crippen LogP) is 3.45. The fraction of sp³-hybridized carbons (Fsp3) is 0.111. The smallest absolute Gasteiger partial charge is 0.416 e. The molecular weight excluding hydrogens is 439 g/mol. The second-order valence-corrected chi connectivity index (χ2v) is 7.29. The number of nitrogens with two attached hydrogens (primary N) is 1. The molecule has 3 amide bonds. The van der Waals surface area contributed by atoms with Crippen LogP contribution >= 0.6 is 11.3 Å². The first kappa shape index (κ1) is 21.8. The minimum absolute atomic E-state index is 0.0158. The second kappa shape index (κ2) is 8.47. The van der Waals surface area contributed by atoms with Crippen LogP contribution in [-0.2, 0) is 11.0 Å². The van der Waals surface area contributed by atoms with Gasteiger partial charge >= 0.3 is 18.2 Å². The number of carboxylic acids is 1. The summed E-state index contributed by atoms with van der Waals surface area (Å²) in [6, 6.07) is 5.85. The molecule has 3 aromatic rings. The van der Waals surface area contributed by atoms with Crippen molar-refractivity contribution in [3.63, 3.8) is 0 Å². The van der Waals surface area contributed by atoms with Gasteiger partial charge in [0.1, 0.15) is 22.4 Å². The Morgan fingerprint density at radius 1 is 1.10 bits per heavy atom. The lowest BCUT2D eigenvalue weighted by Gasteiger charge is -2.10. The number of carbonyl (C=O) groups is 3. The average Bonchev–Trinajstić information content (AvgIpc) is 3.32. The minimum Gasteiger partial charge on any atom is -0.477 e. The van der Waals surface area contributed by atoms with Gasteiger partial charge in [-0.05, 0) is 36.4 Å². The normalized spacial score (nSPS) is 12.2. The third-order valence-corrected chi connectivity index (χ3v) is 5.13. The van der Waals surface area contributed by atoms with E-state index in [1.54, 1.807) is 0 Å². The van der Waals surface area contributed by atoms with Crippen LogP contribution in [0.2, 0.25) is 0 Å². The molecule has 3 rings (SSSR count). The number of aromatic nitrogens is 2. The Hall–Kier alpha value is -3.87. The predicted molar refractivity (Wildman–Crippen MR) is 105 cm³/mol. The highest BCUT2D eigenvalue weighted by Gasteiger charge is 2.30. The molecule has 31 heavy (non-hydrogen) atoms. The van der Waals surface area contributed by atoms with Crippen LogP contribution in [0.4, 0.5) is 29.5 Å². The van der Waals surface area contributed by atoms with Gasteiger partial charge in [-0.15, -0.1) is 11.3 Å². The van der Waals surface area contributed by atoms with E-state index in [-0.39, 0.29) is 22.2 Å². The summed E-state index contributed by atoms with van der Waals surface area (Å²) in [6.45, 7) is 0. The number of imidazole rings is 1. The molecule has 0 radical (unpaired) electrons. The van der Waals surface area contributed by atoms with Gasteiger partial charge in [0, 0.05) is 10.6 Å². The second-order valence-electron chi connectivity index (χ2n) is 6.18. The molecule has 9 nitrogen and oxygen atoms in total. The summed E-state index contributed by atoms with van der Waals surface area (Å²) < 4.78 is 37.8. The summed E-state index contributed by atoms with van der Waals surface area (Å²) in [6.07, 6.45) is -3.28. The number of aromatic carboxylic acids is 1. The molecule has 1 unspecified atom stereocenters. The van der Waals surface area contributed by atoms with Crippen LogP contribution in [0.15, 0.2) is 42.6 Å². The van der Waals surface area contributed by atoms with Gasteiger partial charge in [0.2, 0.25) is 5.91 Å². The maximum Gasteiger partial charge on any atom is 0.416 e. The van der Waals surface area contributed by atoms with E-state index in [0.29, 0.717) is 4.88 Å². The van der Waals surface area contributed by atoms with Crippen LogP contribution < -0.4 is 16.4 Å².